The molecular weight excluding hydrogens is 497 g/mol. The van der Waals surface area contributed by atoms with Gasteiger partial charge in [0, 0.05) is 16.8 Å². The molecule has 5 heteroatoms. The highest BCUT2D eigenvalue weighted by Crippen LogP contribution is 2.23. The van der Waals surface area contributed by atoms with Crippen LogP contribution in [-0.2, 0) is 0 Å². The molecular formula is C35H50FN3O. The van der Waals surface area contributed by atoms with E-state index in [9.17, 15) is 4.39 Å². The van der Waals surface area contributed by atoms with Crippen molar-refractivity contribution in [2.45, 2.75) is 100 Å². The average molecular weight is 548 g/mol. The number of hydrogen-bond donors (Lipinski definition) is 1. The van der Waals surface area contributed by atoms with Crippen LogP contribution in [0.15, 0.2) is 76.9 Å². The predicted molar refractivity (Wildman–Crippen MR) is 170 cm³/mol. The fraction of sp³-hybridized carbons (Fsp3) is 0.429. The number of allylic oxidation sites excluding steroid dienone is 4. The normalized spacial score (nSPS) is 11.5. The Hall–Kier alpha value is -3.47. The summed E-state index contributed by atoms with van der Waals surface area (Å²) in [6.07, 6.45) is 15.8. The SMILES string of the molecule is CCC1=CCCC=C1.CCCC.CCCC.Cc1cccc(F)c1.Cc1noc(-c2ccc3cc(C)[nH]c3c2)n1. The lowest BCUT2D eigenvalue weighted by Crippen LogP contribution is -1.80. The van der Waals surface area contributed by atoms with E-state index in [2.05, 4.69) is 74.0 Å². The van der Waals surface area contributed by atoms with Crippen LogP contribution >= 0.6 is 0 Å². The summed E-state index contributed by atoms with van der Waals surface area (Å²) in [7, 11) is 0. The zero-order chi connectivity index (χ0) is 29.8. The Kier molecular flexibility index (Phi) is 17.7. The predicted octanol–water partition coefficient (Wildman–Crippen LogP) is 11.3. The number of benzene rings is 2. The van der Waals surface area contributed by atoms with Crippen LogP contribution in [0.5, 0.6) is 0 Å². The molecule has 0 amide bonds. The third-order valence-electron chi connectivity index (χ3n) is 5.99. The first-order valence-corrected chi connectivity index (χ1v) is 14.7. The summed E-state index contributed by atoms with van der Waals surface area (Å²) in [6.45, 7) is 16.6. The van der Waals surface area contributed by atoms with E-state index >= 15 is 0 Å². The number of aromatic nitrogens is 3. The highest BCUT2D eigenvalue weighted by molar-refractivity contribution is 5.84. The molecule has 0 spiro atoms. The van der Waals surface area contributed by atoms with Crippen LogP contribution in [0.4, 0.5) is 4.39 Å². The van der Waals surface area contributed by atoms with Gasteiger partial charge in [-0.05, 0) is 81.3 Å². The average Bonchev–Trinajstić information content (AvgIpc) is 3.58. The largest absolute Gasteiger partial charge is 0.359 e. The highest BCUT2D eigenvalue weighted by atomic mass is 19.1. The summed E-state index contributed by atoms with van der Waals surface area (Å²) in [4.78, 5) is 7.49. The van der Waals surface area contributed by atoms with Crippen molar-refractivity contribution < 1.29 is 8.91 Å². The molecule has 0 aliphatic heterocycles. The molecule has 0 atom stereocenters. The van der Waals surface area contributed by atoms with Gasteiger partial charge in [0.25, 0.3) is 5.89 Å². The van der Waals surface area contributed by atoms with E-state index in [-0.39, 0.29) is 5.82 Å². The van der Waals surface area contributed by atoms with Gasteiger partial charge in [0.1, 0.15) is 5.82 Å². The number of nitrogens with zero attached hydrogens (tertiary/aromatic N) is 2. The van der Waals surface area contributed by atoms with Crippen LogP contribution < -0.4 is 0 Å². The van der Waals surface area contributed by atoms with Gasteiger partial charge in [-0.25, -0.2) is 4.39 Å². The number of fused-ring (bicyclic) bond motifs is 1. The summed E-state index contributed by atoms with van der Waals surface area (Å²) in [5.74, 6) is 1.05. The van der Waals surface area contributed by atoms with Crippen molar-refractivity contribution in [1.82, 2.24) is 15.1 Å². The zero-order valence-electron chi connectivity index (χ0n) is 26.0. The van der Waals surface area contributed by atoms with Gasteiger partial charge in [0.05, 0.1) is 0 Å². The molecule has 40 heavy (non-hydrogen) atoms. The van der Waals surface area contributed by atoms with Gasteiger partial charge < -0.3 is 9.51 Å². The molecule has 0 saturated heterocycles. The van der Waals surface area contributed by atoms with Gasteiger partial charge in [-0.3, -0.25) is 0 Å². The quantitative estimate of drug-likeness (QED) is 0.276. The van der Waals surface area contributed by atoms with Crippen molar-refractivity contribution in [3.63, 3.8) is 0 Å². The molecule has 2 aromatic heterocycles. The summed E-state index contributed by atoms with van der Waals surface area (Å²) in [5.41, 5.74) is 5.64. The van der Waals surface area contributed by atoms with Gasteiger partial charge in [0.15, 0.2) is 5.82 Å². The van der Waals surface area contributed by atoms with Crippen molar-refractivity contribution in [1.29, 1.82) is 0 Å². The highest BCUT2D eigenvalue weighted by Gasteiger charge is 2.07. The number of halogens is 1. The zero-order valence-corrected chi connectivity index (χ0v) is 26.0. The molecule has 1 N–H and O–H groups in total. The Labute approximate surface area is 241 Å². The molecule has 5 rings (SSSR count). The van der Waals surface area contributed by atoms with Crippen molar-refractivity contribution in [2.24, 2.45) is 0 Å². The van der Waals surface area contributed by atoms with Gasteiger partial charge in [-0.1, -0.05) is 107 Å². The standard InChI is InChI=1S/C12H11N3O.C8H12.C7H7F.2C4H10/c1-7-5-9-3-4-10(6-11(9)13-7)12-14-8(2)15-16-12;1-2-8-6-4-3-5-7-8;1-6-3-2-4-7(8)5-6;2*1-3-4-2/h3-6,13H,1-2H3;4,6-7H,2-3,5H2,1H3;2-5H,1H3;2*3-4H2,1-2H3. The molecule has 4 nitrogen and oxygen atoms in total. The van der Waals surface area contributed by atoms with Crippen molar-refractivity contribution in [3.8, 4) is 11.5 Å². The van der Waals surface area contributed by atoms with Crippen molar-refractivity contribution in [3.05, 3.63) is 95.2 Å². The topological polar surface area (TPSA) is 54.7 Å². The molecule has 2 aromatic carbocycles. The van der Waals surface area contributed by atoms with E-state index in [1.165, 1.54) is 68.0 Å². The maximum atomic E-state index is 12.2. The summed E-state index contributed by atoms with van der Waals surface area (Å²) >= 11 is 0. The summed E-state index contributed by atoms with van der Waals surface area (Å²) < 4.78 is 17.3. The smallest absolute Gasteiger partial charge is 0.257 e. The Morgan fingerprint density at radius 2 is 1.55 bits per heavy atom. The van der Waals surface area contributed by atoms with E-state index in [1.54, 1.807) is 6.07 Å². The molecule has 2 heterocycles. The van der Waals surface area contributed by atoms with Crippen molar-refractivity contribution in [2.75, 3.05) is 0 Å². The van der Waals surface area contributed by atoms with Crippen LogP contribution in [0, 0.1) is 26.6 Å². The molecule has 4 aromatic rings. The Morgan fingerprint density at radius 1 is 0.850 bits per heavy atom. The molecule has 0 saturated carbocycles. The second-order valence-electron chi connectivity index (χ2n) is 9.81. The van der Waals surface area contributed by atoms with Gasteiger partial charge in [0.2, 0.25) is 0 Å². The summed E-state index contributed by atoms with van der Waals surface area (Å²) in [6, 6.07) is 14.7. The third-order valence-corrected chi connectivity index (χ3v) is 5.99. The van der Waals surface area contributed by atoms with Crippen LogP contribution in [0.25, 0.3) is 22.4 Å². The molecule has 218 valence electrons. The Balaban J connectivity index is 0.000000283. The first-order chi connectivity index (χ1) is 19.3. The van der Waals surface area contributed by atoms with Crippen LogP contribution in [0.1, 0.15) is 96.6 Å². The van der Waals surface area contributed by atoms with E-state index in [0.29, 0.717) is 11.7 Å². The first kappa shape index (κ1) is 34.6. The molecule has 1 aliphatic carbocycles. The number of rotatable bonds is 4. The lowest BCUT2D eigenvalue weighted by atomic mass is 10.1. The monoisotopic (exact) mass is 547 g/mol. The van der Waals surface area contributed by atoms with Crippen molar-refractivity contribution >= 4 is 10.9 Å². The van der Waals surface area contributed by atoms with Gasteiger partial charge in [-0.15, -0.1) is 0 Å². The fourth-order valence-electron chi connectivity index (χ4n) is 3.35. The molecule has 0 unspecified atom stereocenters. The molecule has 0 fully saturated rings. The van der Waals surface area contributed by atoms with Crippen LogP contribution in [0.2, 0.25) is 0 Å². The Bertz CT molecular complexity index is 1260. The number of aromatic amines is 1. The van der Waals surface area contributed by atoms with E-state index in [0.717, 1.165) is 22.3 Å². The minimum Gasteiger partial charge on any atom is -0.359 e. The number of unbranched alkanes of at least 4 members (excludes halogenated alkanes) is 2. The maximum absolute atomic E-state index is 12.2. The third kappa shape index (κ3) is 14.1. The van der Waals surface area contributed by atoms with Crippen LogP contribution in [0.3, 0.4) is 0 Å². The second-order valence-corrected chi connectivity index (χ2v) is 9.81. The second kappa shape index (κ2) is 20.4. The maximum Gasteiger partial charge on any atom is 0.257 e. The number of nitrogens with one attached hydrogen (secondary N) is 1. The fourth-order valence-corrected chi connectivity index (χ4v) is 3.35. The number of hydrogen-bond acceptors (Lipinski definition) is 3. The van der Waals surface area contributed by atoms with Crippen LogP contribution in [-0.4, -0.2) is 15.1 Å². The number of H-pyrrole nitrogens is 1. The number of aryl methyl sites for hydroxylation is 3. The first-order valence-electron chi connectivity index (χ1n) is 14.7. The van der Waals surface area contributed by atoms with Gasteiger partial charge in [-0.2, -0.15) is 4.98 Å². The molecule has 0 radical (unpaired) electrons. The molecule has 0 bridgehead atoms. The molecule has 1 aliphatic rings. The van der Waals surface area contributed by atoms with E-state index < -0.39 is 0 Å². The Morgan fingerprint density at radius 3 is 2.00 bits per heavy atom. The van der Waals surface area contributed by atoms with E-state index in [1.807, 2.05) is 45.0 Å². The van der Waals surface area contributed by atoms with Gasteiger partial charge >= 0.3 is 0 Å². The minimum absolute atomic E-state index is 0.162. The lowest BCUT2D eigenvalue weighted by molar-refractivity contribution is 0.425. The summed E-state index contributed by atoms with van der Waals surface area (Å²) in [5, 5.41) is 4.97. The lowest BCUT2D eigenvalue weighted by Gasteiger charge is -2.01. The van der Waals surface area contributed by atoms with E-state index in [4.69, 9.17) is 4.52 Å². The minimum atomic E-state index is -0.162.